The molecule has 3 aromatic rings. The normalized spacial score (nSPS) is 16.9. The third kappa shape index (κ3) is 2.01. The van der Waals surface area contributed by atoms with E-state index >= 15 is 0 Å². The van der Waals surface area contributed by atoms with Crippen molar-refractivity contribution in [3.05, 3.63) is 82.9 Å². The SMILES string of the molecule is O=C(NC1c2cccnc21)c1ccc2n1Cc1ccccc1NC2. The standard InChI is InChI=1S/C19H16N4O/c24-19(22-18-14-5-3-9-20-17(14)18)16-8-7-13-10-21-15-6-2-1-4-12(15)11-23(13)16/h1-9,18,21H,10-11H2,(H,22,24). The summed E-state index contributed by atoms with van der Waals surface area (Å²) in [5.41, 5.74) is 6.22. The van der Waals surface area contributed by atoms with Crippen molar-refractivity contribution in [1.82, 2.24) is 14.9 Å². The van der Waals surface area contributed by atoms with Crippen molar-refractivity contribution >= 4 is 11.6 Å². The van der Waals surface area contributed by atoms with E-state index in [0.29, 0.717) is 12.2 Å². The Hall–Kier alpha value is -3.08. The molecule has 1 atom stereocenters. The molecule has 24 heavy (non-hydrogen) atoms. The molecule has 1 aromatic carbocycles. The first kappa shape index (κ1) is 13.4. The van der Waals surface area contributed by atoms with Gasteiger partial charge in [-0.3, -0.25) is 9.78 Å². The van der Waals surface area contributed by atoms with Crippen molar-refractivity contribution in [2.45, 2.75) is 19.1 Å². The van der Waals surface area contributed by atoms with Crippen LogP contribution in [0.1, 0.15) is 39.0 Å². The summed E-state index contributed by atoms with van der Waals surface area (Å²) in [5.74, 6) is -0.0522. The number of para-hydroxylation sites is 1. The summed E-state index contributed by atoms with van der Waals surface area (Å²) in [5, 5.41) is 6.51. The number of hydrogen-bond acceptors (Lipinski definition) is 3. The van der Waals surface area contributed by atoms with Gasteiger partial charge in [0, 0.05) is 23.1 Å². The Labute approximate surface area is 139 Å². The van der Waals surface area contributed by atoms with Crippen LogP contribution in [0.2, 0.25) is 0 Å². The summed E-state index contributed by atoms with van der Waals surface area (Å²) in [4.78, 5) is 17.0. The molecule has 1 aliphatic carbocycles. The molecule has 2 aliphatic rings. The molecule has 0 fully saturated rings. The summed E-state index contributed by atoms with van der Waals surface area (Å²) in [7, 11) is 0. The van der Waals surface area contributed by atoms with Crippen molar-refractivity contribution in [3.63, 3.8) is 0 Å². The third-order valence-electron chi connectivity index (χ3n) is 4.76. The minimum absolute atomic E-state index is 0.0326. The molecule has 5 nitrogen and oxygen atoms in total. The van der Waals surface area contributed by atoms with Gasteiger partial charge in [0.05, 0.1) is 24.8 Å². The van der Waals surface area contributed by atoms with Crippen LogP contribution >= 0.6 is 0 Å². The highest BCUT2D eigenvalue weighted by molar-refractivity contribution is 5.94. The summed E-state index contributed by atoms with van der Waals surface area (Å²) in [6.07, 6.45) is 1.76. The molecule has 1 aliphatic heterocycles. The maximum absolute atomic E-state index is 12.7. The van der Waals surface area contributed by atoms with E-state index in [-0.39, 0.29) is 11.9 Å². The lowest BCUT2D eigenvalue weighted by Crippen LogP contribution is -2.25. The minimum atomic E-state index is -0.0522. The van der Waals surface area contributed by atoms with Gasteiger partial charge in [0.15, 0.2) is 0 Å². The average Bonchev–Trinajstić information content (AvgIpc) is 3.21. The van der Waals surface area contributed by atoms with Gasteiger partial charge in [0.1, 0.15) is 5.69 Å². The Morgan fingerprint density at radius 2 is 2.08 bits per heavy atom. The van der Waals surface area contributed by atoms with E-state index < -0.39 is 0 Å². The number of carbonyl (C=O) groups is 1. The van der Waals surface area contributed by atoms with Crippen molar-refractivity contribution in [1.29, 1.82) is 0 Å². The number of nitrogens with one attached hydrogen (secondary N) is 2. The van der Waals surface area contributed by atoms with Gasteiger partial charge >= 0.3 is 0 Å². The Balaban J connectivity index is 1.43. The molecule has 2 N–H and O–H groups in total. The number of carbonyl (C=O) groups excluding carboxylic acids is 1. The summed E-state index contributed by atoms with van der Waals surface area (Å²) in [6.45, 7) is 1.42. The summed E-state index contributed by atoms with van der Waals surface area (Å²) >= 11 is 0. The van der Waals surface area contributed by atoms with Crippen LogP contribution < -0.4 is 10.6 Å². The van der Waals surface area contributed by atoms with Gasteiger partial charge < -0.3 is 15.2 Å². The van der Waals surface area contributed by atoms with Gasteiger partial charge in [-0.1, -0.05) is 24.3 Å². The number of rotatable bonds is 2. The number of anilines is 1. The molecule has 5 heteroatoms. The molecule has 1 amide bonds. The third-order valence-corrected chi connectivity index (χ3v) is 4.76. The van der Waals surface area contributed by atoms with Crippen LogP contribution in [0.15, 0.2) is 54.7 Å². The monoisotopic (exact) mass is 316 g/mol. The molecule has 1 unspecified atom stereocenters. The second-order valence-corrected chi connectivity index (χ2v) is 6.19. The predicted octanol–water partition coefficient (Wildman–Crippen LogP) is 2.69. The van der Waals surface area contributed by atoms with Crippen LogP contribution in [-0.2, 0) is 13.1 Å². The quantitative estimate of drug-likeness (QED) is 0.764. The van der Waals surface area contributed by atoms with Gasteiger partial charge in [-0.15, -0.1) is 0 Å². The van der Waals surface area contributed by atoms with Crippen molar-refractivity contribution in [2.24, 2.45) is 0 Å². The fourth-order valence-corrected chi connectivity index (χ4v) is 3.41. The van der Waals surface area contributed by atoms with Crippen LogP contribution in [0.3, 0.4) is 0 Å². The van der Waals surface area contributed by atoms with E-state index in [4.69, 9.17) is 0 Å². The summed E-state index contributed by atoms with van der Waals surface area (Å²) in [6, 6.07) is 16.0. The first-order chi connectivity index (χ1) is 11.8. The molecule has 0 saturated heterocycles. The van der Waals surface area contributed by atoms with E-state index in [1.807, 2.05) is 36.4 Å². The molecule has 118 valence electrons. The topological polar surface area (TPSA) is 59.0 Å². The Morgan fingerprint density at radius 1 is 1.17 bits per heavy atom. The van der Waals surface area contributed by atoms with Crippen molar-refractivity contribution < 1.29 is 4.79 Å². The highest BCUT2D eigenvalue weighted by atomic mass is 16.2. The van der Waals surface area contributed by atoms with E-state index in [9.17, 15) is 4.79 Å². The number of amides is 1. The number of benzene rings is 1. The number of fused-ring (bicyclic) bond motifs is 3. The van der Waals surface area contributed by atoms with Gasteiger partial charge in [0.2, 0.25) is 0 Å². The Bertz CT molecular complexity index is 937. The van der Waals surface area contributed by atoms with Crippen LogP contribution in [0.4, 0.5) is 5.69 Å². The minimum Gasteiger partial charge on any atom is -0.379 e. The fraction of sp³-hybridized carbons (Fsp3) is 0.158. The maximum atomic E-state index is 12.7. The number of aromatic nitrogens is 2. The lowest BCUT2D eigenvalue weighted by atomic mass is 10.2. The molecule has 0 bridgehead atoms. The molecular weight excluding hydrogens is 300 g/mol. The molecule has 0 saturated carbocycles. The maximum Gasteiger partial charge on any atom is 0.268 e. The molecule has 3 heterocycles. The zero-order valence-corrected chi connectivity index (χ0v) is 13.0. The van der Waals surface area contributed by atoms with E-state index in [2.05, 4.69) is 32.3 Å². The highest BCUT2D eigenvalue weighted by Gasteiger charge is 2.36. The molecule has 2 aromatic heterocycles. The van der Waals surface area contributed by atoms with Crippen LogP contribution in [0, 0.1) is 0 Å². The zero-order valence-electron chi connectivity index (χ0n) is 13.0. The van der Waals surface area contributed by atoms with Gasteiger partial charge in [0.25, 0.3) is 5.91 Å². The zero-order chi connectivity index (χ0) is 16.1. The first-order valence-electron chi connectivity index (χ1n) is 8.07. The van der Waals surface area contributed by atoms with Crippen molar-refractivity contribution in [2.75, 3.05) is 5.32 Å². The fourth-order valence-electron chi connectivity index (χ4n) is 3.41. The smallest absolute Gasteiger partial charge is 0.268 e. The van der Waals surface area contributed by atoms with Crippen LogP contribution in [0.5, 0.6) is 0 Å². The molecule has 5 rings (SSSR count). The largest absolute Gasteiger partial charge is 0.379 e. The van der Waals surface area contributed by atoms with Crippen molar-refractivity contribution in [3.8, 4) is 0 Å². The second-order valence-electron chi connectivity index (χ2n) is 6.19. The van der Waals surface area contributed by atoms with Crippen LogP contribution in [0.25, 0.3) is 0 Å². The average molecular weight is 316 g/mol. The summed E-state index contributed by atoms with van der Waals surface area (Å²) < 4.78 is 2.09. The number of nitrogens with zero attached hydrogens (tertiary/aromatic N) is 2. The van der Waals surface area contributed by atoms with Gasteiger partial charge in [-0.25, -0.2) is 0 Å². The van der Waals surface area contributed by atoms with E-state index in [0.717, 1.165) is 29.2 Å². The number of hydrogen-bond donors (Lipinski definition) is 2. The molecular formula is C19H16N4O. The number of pyridine rings is 1. The van der Waals surface area contributed by atoms with E-state index in [1.54, 1.807) is 6.20 Å². The van der Waals surface area contributed by atoms with E-state index in [1.165, 1.54) is 5.56 Å². The van der Waals surface area contributed by atoms with Gasteiger partial charge in [-0.2, -0.15) is 0 Å². The van der Waals surface area contributed by atoms with Gasteiger partial charge in [-0.05, 0) is 29.8 Å². The second kappa shape index (κ2) is 4.96. The highest BCUT2D eigenvalue weighted by Crippen LogP contribution is 2.38. The predicted molar refractivity (Wildman–Crippen MR) is 90.8 cm³/mol. The molecule has 0 spiro atoms. The first-order valence-corrected chi connectivity index (χ1v) is 8.07. The molecule has 0 radical (unpaired) electrons. The Kier molecular flexibility index (Phi) is 2.76. The van der Waals surface area contributed by atoms with Crippen LogP contribution in [-0.4, -0.2) is 15.5 Å². The Morgan fingerprint density at radius 3 is 2.96 bits per heavy atom. The lowest BCUT2D eigenvalue weighted by molar-refractivity contribution is 0.0939. The lowest BCUT2D eigenvalue weighted by Gasteiger charge is -2.11.